The lowest BCUT2D eigenvalue weighted by Gasteiger charge is -2.22. The lowest BCUT2D eigenvalue weighted by molar-refractivity contribution is -0.136. The van der Waals surface area contributed by atoms with Crippen molar-refractivity contribution < 1.29 is 19.1 Å². The Labute approximate surface area is 191 Å². The molecule has 1 heterocycles. The molecule has 33 heavy (non-hydrogen) atoms. The van der Waals surface area contributed by atoms with E-state index in [1.807, 2.05) is 60.7 Å². The van der Waals surface area contributed by atoms with E-state index in [2.05, 4.69) is 5.10 Å². The number of rotatable bonds is 6. The molecule has 0 aromatic heterocycles. The van der Waals surface area contributed by atoms with Crippen molar-refractivity contribution >= 4 is 17.6 Å². The molecule has 3 aromatic rings. The number of amides is 1. The summed E-state index contributed by atoms with van der Waals surface area (Å²) in [6, 6.07) is 24.9. The van der Waals surface area contributed by atoms with Gasteiger partial charge in [0.2, 0.25) is 0 Å². The fourth-order valence-corrected chi connectivity index (χ4v) is 3.62. The molecule has 0 spiro atoms. The van der Waals surface area contributed by atoms with Crippen LogP contribution in [-0.4, -0.2) is 36.3 Å². The third kappa shape index (κ3) is 4.91. The van der Waals surface area contributed by atoms with Crippen LogP contribution in [0, 0.1) is 11.3 Å². The molecule has 164 valence electrons. The van der Waals surface area contributed by atoms with Gasteiger partial charge in [-0.2, -0.15) is 10.4 Å². The van der Waals surface area contributed by atoms with E-state index in [4.69, 9.17) is 14.7 Å². The summed E-state index contributed by atoms with van der Waals surface area (Å²) in [5.74, 6) is -0.396. The van der Waals surface area contributed by atoms with E-state index < -0.39 is 18.5 Å². The maximum Gasteiger partial charge on any atom is 0.338 e. The van der Waals surface area contributed by atoms with Crippen LogP contribution in [0.3, 0.4) is 0 Å². The third-order valence-corrected chi connectivity index (χ3v) is 5.33. The highest BCUT2D eigenvalue weighted by Gasteiger charge is 2.33. The average molecular weight is 439 g/mol. The number of carbonyl (C=O) groups is 2. The van der Waals surface area contributed by atoms with E-state index in [1.165, 1.54) is 17.1 Å². The molecular formula is C26H21N3O4. The topological polar surface area (TPSA) is 92.0 Å². The van der Waals surface area contributed by atoms with Gasteiger partial charge in [0.15, 0.2) is 6.61 Å². The van der Waals surface area contributed by atoms with E-state index in [-0.39, 0.29) is 11.6 Å². The van der Waals surface area contributed by atoms with Crippen LogP contribution in [0.15, 0.2) is 84.0 Å². The summed E-state index contributed by atoms with van der Waals surface area (Å²) in [4.78, 5) is 25.4. The molecule has 0 N–H and O–H groups in total. The smallest absolute Gasteiger partial charge is 0.338 e. The van der Waals surface area contributed by atoms with E-state index >= 15 is 0 Å². The first kappa shape index (κ1) is 21.8. The Kier molecular flexibility index (Phi) is 6.46. The van der Waals surface area contributed by atoms with Crippen molar-refractivity contribution in [2.24, 2.45) is 5.10 Å². The Balaban J connectivity index is 1.54. The molecule has 1 aliphatic rings. The summed E-state index contributed by atoms with van der Waals surface area (Å²) in [5.41, 5.74) is 3.15. The molecule has 1 unspecified atom stereocenters. The maximum atomic E-state index is 13.1. The molecule has 0 fully saturated rings. The molecule has 0 aliphatic carbocycles. The highest BCUT2D eigenvalue weighted by molar-refractivity contribution is 6.03. The van der Waals surface area contributed by atoms with Gasteiger partial charge in [0.25, 0.3) is 5.91 Å². The predicted octanol–water partition coefficient (Wildman–Crippen LogP) is 4.10. The van der Waals surface area contributed by atoms with Gasteiger partial charge in [-0.05, 0) is 41.5 Å². The molecule has 0 saturated heterocycles. The maximum absolute atomic E-state index is 13.1. The van der Waals surface area contributed by atoms with Crippen molar-refractivity contribution in [3.63, 3.8) is 0 Å². The van der Waals surface area contributed by atoms with E-state index in [9.17, 15) is 9.59 Å². The van der Waals surface area contributed by atoms with Crippen LogP contribution in [0.4, 0.5) is 0 Å². The summed E-state index contributed by atoms with van der Waals surface area (Å²) >= 11 is 0. The van der Waals surface area contributed by atoms with E-state index in [0.29, 0.717) is 17.7 Å². The number of hydrogen-bond acceptors (Lipinski definition) is 6. The normalized spacial score (nSPS) is 14.8. The Morgan fingerprint density at radius 1 is 1.06 bits per heavy atom. The highest BCUT2D eigenvalue weighted by Crippen LogP contribution is 2.33. The number of hydrazone groups is 1. The zero-order valence-electron chi connectivity index (χ0n) is 18.0. The predicted molar refractivity (Wildman–Crippen MR) is 122 cm³/mol. The van der Waals surface area contributed by atoms with Crippen molar-refractivity contribution in [1.29, 1.82) is 5.26 Å². The van der Waals surface area contributed by atoms with Crippen LogP contribution >= 0.6 is 0 Å². The van der Waals surface area contributed by atoms with Crippen molar-refractivity contribution in [1.82, 2.24) is 5.01 Å². The van der Waals surface area contributed by atoms with Gasteiger partial charge in [-0.3, -0.25) is 4.79 Å². The second-order valence-corrected chi connectivity index (χ2v) is 7.41. The second kappa shape index (κ2) is 9.79. The zero-order chi connectivity index (χ0) is 23.2. The van der Waals surface area contributed by atoms with Crippen molar-refractivity contribution in [2.45, 2.75) is 12.5 Å². The monoisotopic (exact) mass is 439 g/mol. The molecule has 0 bridgehead atoms. The minimum atomic E-state index is -0.673. The molecule has 7 heteroatoms. The van der Waals surface area contributed by atoms with Crippen LogP contribution in [0.25, 0.3) is 0 Å². The summed E-state index contributed by atoms with van der Waals surface area (Å²) < 4.78 is 10.5. The van der Waals surface area contributed by atoms with Gasteiger partial charge in [0.1, 0.15) is 5.75 Å². The number of nitriles is 1. The quantitative estimate of drug-likeness (QED) is 0.539. The Hall–Kier alpha value is -4.44. The standard InChI is InChI=1S/C26H21N3O4/c1-32-22-12-10-20(11-13-22)24-15-23(19-7-3-2-4-8-19)28-29(24)25(30)17-33-26(31)21-9-5-6-18(14-21)16-27/h2-14,24H,15,17H2,1H3. The van der Waals surface area contributed by atoms with Gasteiger partial charge in [-0.1, -0.05) is 48.5 Å². The van der Waals surface area contributed by atoms with Gasteiger partial charge in [-0.25, -0.2) is 9.80 Å². The fraction of sp³-hybridized carbons (Fsp3) is 0.154. The van der Waals surface area contributed by atoms with Gasteiger partial charge in [-0.15, -0.1) is 0 Å². The number of nitrogens with zero attached hydrogens (tertiary/aromatic N) is 3. The van der Waals surface area contributed by atoms with Crippen molar-refractivity contribution in [3.8, 4) is 11.8 Å². The minimum Gasteiger partial charge on any atom is -0.497 e. The van der Waals surface area contributed by atoms with Gasteiger partial charge < -0.3 is 9.47 Å². The van der Waals surface area contributed by atoms with Crippen LogP contribution in [0.1, 0.15) is 39.5 Å². The number of benzene rings is 3. The second-order valence-electron chi connectivity index (χ2n) is 7.41. The number of methoxy groups -OCH3 is 1. The summed E-state index contributed by atoms with van der Waals surface area (Å²) in [7, 11) is 1.59. The molecule has 1 amide bonds. The average Bonchev–Trinajstić information content (AvgIpc) is 3.33. The third-order valence-electron chi connectivity index (χ3n) is 5.33. The first-order valence-corrected chi connectivity index (χ1v) is 10.3. The Morgan fingerprint density at radius 3 is 2.52 bits per heavy atom. The number of hydrogen-bond donors (Lipinski definition) is 0. The number of carbonyl (C=O) groups excluding carboxylic acids is 2. The van der Waals surface area contributed by atoms with Gasteiger partial charge in [0, 0.05) is 6.42 Å². The fourth-order valence-electron chi connectivity index (χ4n) is 3.62. The summed E-state index contributed by atoms with van der Waals surface area (Å²) in [6.07, 6.45) is 0.528. The number of esters is 1. The van der Waals surface area contributed by atoms with Crippen molar-refractivity contribution in [3.05, 3.63) is 101 Å². The Morgan fingerprint density at radius 2 is 1.82 bits per heavy atom. The molecule has 0 saturated carbocycles. The van der Waals surface area contributed by atoms with Gasteiger partial charge >= 0.3 is 5.97 Å². The van der Waals surface area contributed by atoms with Gasteiger partial charge in [0.05, 0.1) is 36.1 Å². The van der Waals surface area contributed by atoms with Crippen LogP contribution in [-0.2, 0) is 9.53 Å². The van der Waals surface area contributed by atoms with Crippen LogP contribution in [0.5, 0.6) is 5.75 Å². The lowest BCUT2D eigenvalue weighted by Crippen LogP contribution is -2.31. The molecule has 7 nitrogen and oxygen atoms in total. The molecule has 1 aliphatic heterocycles. The minimum absolute atomic E-state index is 0.212. The van der Waals surface area contributed by atoms with Crippen molar-refractivity contribution in [2.75, 3.05) is 13.7 Å². The largest absolute Gasteiger partial charge is 0.497 e. The lowest BCUT2D eigenvalue weighted by atomic mass is 9.98. The first-order chi connectivity index (χ1) is 16.1. The summed E-state index contributed by atoms with van der Waals surface area (Å²) in [5, 5.41) is 15.0. The number of ether oxygens (including phenoxy) is 2. The van der Waals surface area contributed by atoms with E-state index in [1.54, 1.807) is 19.2 Å². The van der Waals surface area contributed by atoms with Crippen LogP contribution in [0.2, 0.25) is 0 Å². The molecule has 0 radical (unpaired) electrons. The highest BCUT2D eigenvalue weighted by atomic mass is 16.5. The summed E-state index contributed by atoms with van der Waals surface area (Å²) in [6.45, 7) is -0.464. The molecule has 4 rings (SSSR count). The zero-order valence-corrected chi connectivity index (χ0v) is 18.0. The Bertz CT molecular complexity index is 1230. The SMILES string of the molecule is COc1ccc(C2CC(c3ccccc3)=NN2C(=O)COC(=O)c2cccc(C#N)c2)cc1. The molecule has 1 atom stereocenters. The first-order valence-electron chi connectivity index (χ1n) is 10.3. The molecular weight excluding hydrogens is 418 g/mol. The molecule has 3 aromatic carbocycles. The van der Waals surface area contributed by atoms with Crippen LogP contribution < -0.4 is 4.74 Å². The van der Waals surface area contributed by atoms with E-state index in [0.717, 1.165) is 16.8 Å².